The Balaban J connectivity index is 2.65. The lowest BCUT2D eigenvalue weighted by Crippen LogP contribution is -2.55. The van der Waals surface area contributed by atoms with Crippen LogP contribution >= 0.6 is 0 Å². The van der Waals surface area contributed by atoms with Crippen LogP contribution in [0.1, 0.15) is 40.0 Å². The molecule has 0 aliphatic carbocycles. The van der Waals surface area contributed by atoms with E-state index in [-0.39, 0.29) is 5.97 Å². The van der Waals surface area contributed by atoms with Gasteiger partial charge in [-0.25, -0.2) is 0 Å². The van der Waals surface area contributed by atoms with Gasteiger partial charge < -0.3 is 14.8 Å². The van der Waals surface area contributed by atoms with Crippen molar-refractivity contribution in [1.82, 2.24) is 10.2 Å². The first-order valence-electron chi connectivity index (χ1n) is 7.57. The number of methoxy groups -OCH3 is 2. The molecule has 0 aromatic heterocycles. The fourth-order valence-electron chi connectivity index (χ4n) is 3.12. The summed E-state index contributed by atoms with van der Waals surface area (Å²) >= 11 is 0. The molecule has 1 aliphatic rings. The molecule has 1 aliphatic heterocycles. The number of piperidine rings is 1. The van der Waals surface area contributed by atoms with Crippen LogP contribution in [0.2, 0.25) is 0 Å². The lowest BCUT2D eigenvalue weighted by Gasteiger charge is -2.39. The summed E-state index contributed by atoms with van der Waals surface area (Å²) in [7, 11) is 3.22. The number of hydrogen-bond acceptors (Lipinski definition) is 5. The minimum atomic E-state index is -0.622. The molecule has 5 heteroatoms. The van der Waals surface area contributed by atoms with Gasteiger partial charge in [0.15, 0.2) is 0 Å². The molecule has 0 bridgehead atoms. The topological polar surface area (TPSA) is 50.8 Å². The quantitative estimate of drug-likeness (QED) is 0.717. The number of likely N-dealkylation sites (tertiary alicyclic amines) is 1. The summed E-state index contributed by atoms with van der Waals surface area (Å²) in [6, 6.07) is 0.316. The first-order chi connectivity index (χ1) is 9.46. The zero-order valence-corrected chi connectivity index (χ0v) is 13.6. The minimum Gasteiger partial charge on any atom is -0.468 e. The van der Waals surface area contributed by atoms with Gasteiger partial charge in [0.05, 0.1) is 13.2 Å². The van der Waals surface area contributed by atoms with Crippen molar-refractivity contribution < 1.29 is 14.3 Å². The van der Waals surface area contributed by atoms with Crippen LogP contribution in [0, 0.1) is 0 Å². The van der Waals surface area contributed by atoms with Crippen LogP contribution in [-0.4, -0.2) is 62.4 Å². The number of ether oxygens (including phenoxy) is 2. The SMILES string of the molecule is CCNC(C)(CC(C)N1CCCC(OC)C1)C(=O)OC. The van der Waals surface area contributed by atoms with Crippen LogP contribution in [0.4, 0.5) is 0 Å². The first kappa shape index (κ1) is 17.4. The second-order valence-electron chi connectivity index (χ2n) is 5.90. The van der Waals surface area contributed by atoms with Crippen LogP contribution in [0.3, 0.4) is 0 Å². The predicted octanol–water partition coefficient (Wildman–Crippen LogP) is 1.42. The monoisotopic (exact) mass is 286 g/mol. The van der Waals surface area contributed by atoms with E-state index >= 15 is 0 Å². The van der Waals surface area contributed by atoms with E-state index in [1.807, 2.05) is 13.8 Å². The van der Waals surface area contributed by atoms with Gasteiger partial charge >= 0.3 is 5.97 Å². The summed E-state index contributed by atoms with van der Waals surface area (Å²) < 4.78 is 10.4. The highest BCUT2D eigenvalue weighted by atomic mass is 16.5. The Morgan fingerprint density at radius 2 is 2.20 bits per heavy atom. The van der Waals surface area contributed by atoms with Gasteiger partial charge in [-0.1, -0.05) is 6.92 Å². The fourth-order valence-corrected chi connectivity index (χ4v) is 3.12. The molecular weight excluding hydrogens is 256 g/mol. The number of likely N-dealkylation sites (N-methyl/N-ethyl adjacent to an activating group) is 1. The van der Waals surface area contributed by atoms with Gasteiger partial charge in [-0.05, 0) is 46.2 Å². The third kappa shape index (κ3) is 4.43. The van der Waals surface area contributed by atoms with Crippen LogP contribution < -0.4 is 5.32 Å². The molecule has 3 unspecified atom stereocenters. The summed E-state index contributed by atoms with van der Waals surface area (Å²) in [5.74, 6) is -0.188. The number of esters is 1. The van der Waals surface area contributed by atoms with Gasteiger partial charge in [-0.2, -0.15) is 0 Å². The van der Waals surface area contributed by atoms with Crippen molar-refractivity contribution in [3.05, 3.63) is 0 Å². The molecule has 0 radical (unpaired) electrons. The van der Waals surface area contributed by atoms with Crippen molar-refractivity contribution in [3.63, 3.8) is 0 Å². The van der Waals surface area contributed by atoms with Crippen LogP contribution in [-0.2, 0) is 14.3 Å². The average molecular weight is 286 g/mol. The average Bonchev–Trinajstić information content (AvgIpc) is 2.46. The van der Waals surface area contributed by atoms with Gasteiger partial charge in [-0.3, -0.25) is 9.69 Å². The third-order valence-corrected chi connectivity index (χ3v) is 4.27. The van der Waals surface area contributed by atoms with E-state index in [9.17, 15) is 4.79 Å². The highest BCUT2D eigenvalue weighted by Crippen LogP contribution is 2.22. The molecular formula is C15H30N2O3. The molecule has 1 N–H and O–H groups in total. The van der Waals surface area contributed by atoms with Crippen molar-refractivity contribution in [2.45, 2.75) is 57.7 Å². The standard InChI is InChI=1S/C15H30N2O3/c1-6-16-15(3,14(18)20-5)10-12(2)17-9-7-8-13(11-17)19-4/h12-13,16H,6-11H2,1-5H3. The van der Waals surface area contributed by atoms with Gasteiger partial charge in [-0.15, -0.1) is 0 Å². The Morgan fingerprint density at radius 3 is 2.75 bits per heavy atom. The Labute approximate surface area is 123 Å². The third-order valence-electron chi connectivity index (χ3n) is 4.27. The van der Waals surface area contributed by atoms with E-state index in [2.05, 4.69) is 17.1 Å². The Morgan fingerprint density at radius 1 is 1.50 bits per heavy atom. The molecule has 1 heterocycles. The molecule has 118 valence electrons. The Bertz CT molecular complexity index is 311. The number of nitrogens with zero attached hydrogens (tertiary/aromatic N) is 1. The van der Waals surface area contributed by atoms with Crippen molar-refractivity contribution in [3.8, 4) is 0 Å². The lowest BCUT2D eigenvalue weighted by molar-refractivity contribution is -0.149. The molecule has 1 rings (SSSR count). The molecule has 0 spiro atoms. The zero-order chi connectivity index (χ0) is 15.2. The number of carbonyl (C=O) groups excluding carboxylic acids is 1. The smallest absolute Gasteiger partial charge is 0.325 e. The molecule has 1 saturated heterocycles. The molecule has 0 aromatic rings. The highest BCUT2D eigenvalue weighted by Gasteiger charge is 2.37. The van der Waals surface area contributed by atoms with Crippen LogP contribution in [0.15, 0.2) is 0 Å². The van der Waals surface area contributed by atoms with E-state index in [0.717, 1.165) is 38.9 Å². The van der Waals surface area contributed by atoms with Crippen molar-refractivity contribution in [2.75, 3.05) is 33.9 Å². The number of rotatable bonds is 7. The molecule has 3 atom stereocenters. The lowest BCUT2D eigenvalue weighted by atomic mass is 9.91. The van der Waals surface area contributed by atoms with E-state index in [1.165, 1.54) is 7.11 Å². The van der Waals surface area contributed by atoms with Crippen molar-refractivity contribution >= 4 is 5.97 Å². The molecule has 20 heavy (non-hydrogen) atoms. The van der Waals surface area contributed by atoms with E-state index < -0.39 is 5.54 Å². The van der Waals surface area contributed by atoms with Crippen molar-refractivity contribution in [1.29, 1.82) is 0 Å². The molecule has 0 aromatic carbocycles. The van der Waals surface area contributed by atoms with Crippen molar-refractivity contribution in [2.24, 2.45) is 0 Å². The first-order valence-corrected chi connectivity index (χ1v) is 7.57. The van der Waals surface area contributed by atoms with Crippen LogP contribution in [0.25, 0.3) is 0 Å². The molecule has 5 nitrogen and oxygen atoms in total. The second-order valence-corrected chi connectivity index (χ2v) is 5.90. The second kappa shape index (κ2) is 7.96. The minimum absolute atomic E-state index is 0.188. The normalized spacial score (nSPS) is 24.9. The maximum Gasteiger partial charge on any atom is 0.325 e. The Hall–Kier alpha value is -0.650. The summed E-state index contributed by atoms with van der Waals surface area (Å²) in [4.78, 5) is 14.4. The number of carbonyl (C=O) groups is 1. The Kier molecular flexibility index (Phi) is 6.92. The van der Waals surface area contributed by atoms with E-state index in [4.69, 9.17) is 9.47 Å². The molecule has 0 amide bonds. The van der Waals surface area contributed by atoms with E-state index in [0.29, 0.717) is 12.1 Å². The maximum atomic E-state index is 12.0. The largest absolute Gasteiger partial charge is 0.468 e. The summed E-state index contributed by atoms with van der Waals surface area (Å²) in [5.41, 5.74) is -0.622. The zero-order valence-electron chi connectivity index (χ0n) is 13.6. The number of nitrogens with one attached hydrogen (secondary N) is 1. The van der Waals surface area contributed by atoms with Gasteiger partial charge in [0.25, 0.3) is 0 Å². The van der Waals surface area contributed by atoms with Gasteiger partial charge in [0, 0.05) is 19.7 Å². The van der Waals surface area contributed by atoms with Gasteiger partial charge in [0.2, 0.25) is 0 Å². The maximum absolute atomic E-state index is 12.0. The summed E-state index contributed by atoms with van der Waals surface area (Å²) in [6.07, 6.45) is 3.33. The van der Waals surface area contributed by atoms with Crippen LogP contribution in [0.5, 0.6) is 0 Å². The van der Waals surface area contributed by atoms with E-state index in [1.54, 1.807) is 7.11 Å². The van der Waals surface area contributed by atoms with Gasteiger partial charge in [0.1, 0.15) is 5.54 Å². The fraction of sp³-hybridized carbons (Fsp3) is 0.933. The highest BCUT2D eigenvalue weighted by molar-refractivity contribution is 5.80. The predicted molar refractivity (Wildman–Crippen MR) is 79.8 cm³/mol. The number of hydrogen-bond donors (Lipinski definition) is 1. The summed E-state index contributed by atoms with van der Waals surface area (Å²) in [6.45, 7) is 8.88. The molecule has 0 saturated carbocycles. The summed E-state index contributed by atoms with van der Waals surface area (Å²) in [5, 5.41) is 3.27. The molecule has 1 fully saturated rings.